The van der Waals surface area contributed by atoms with E-state index in [0.29, 0.717) is 22.9 Å². The number of hydrogen-bond acceptors (Lipinski definition) is 4. The van der Waals surface area contributed by atoms with Crippen LogP contribution < -0.4 is 0 Å². The minimum Gasteiger partial charge on any atom is -0.458 e. The molecule has 4 nitrogen and oxygen atoms in total. The third-order valence-electron chi connectivity index (χ3n) is 12.6. The first-order valence-electron chi connectivity index (χ1n) is 16.2. The summed E-state index contributed by atoms with van der Waals surface area (Å²) in [5.41, 5.74) is 1.95. The van der Waals surface area contributed by atoms with Crippen LogP contribution in [0.4, 0.5) is 0 Å². The van der Waals surface area contributed by atoms with E-state index in [1.807, 2.05) is 6.92 Å². The molecular formula is C34H56O4. The van der Waals surface area contributed by atoms with Crippen LogP contribution in [0, 0.1) is 46.3 Å². The summed E-state index contributed by atoms with van der Waals surface area (Å²) < 4.78 is 18.0. The van der Waals surface area contributed by atoms with Gasteiger partial charge in [0.25, 0.3) is 0 Å². The lowest BCUT2D eigenvalue weighted by Crippen LogP contribution is -2.54. The van der Waals surface area contributed by atoms with Crippen molar-refractivity contribution in [3.63, 3.8) is 0 Å². The van der Waals surface area contributed by atoms with Crippen LogP contribution in [0.25, 0.3) is 0 Å². The molecular weight excluding hydrogens is 472 g/mol. The van der Waals surface area contributed by atoms with Gasteiger partial charge in [0.1, 0.15) is 6.10 Å². The zero-order valence-electron chi connectivity index (χ0n) is 25.1. The Morgan fingerprint density at radius 2 is 1.71 bits per heavy atom. The summed E-state index contributed by atoms with van der Waals surface area (Å²) >= 11 is 0. The maximum atomic E-state index is 11.6. The maximum absolute atomic E-state index is 11.6. The second-order valence-corrected chi connectivity index (χ2v) is 14.7. The molecule has 0 bridgehead atoms. The highest BCUT2D eigenvalue weighted by Crippen LogP contribution is 2.68. The predicted octanol–water partition coefficient (Wildman–Crippen LogP) is 8.48. The SMILES string of the molecule is C=C(C)[C@H](CC[C@@H](C)[C@H]1CC[C@H]2[C@@H]3CC[C@@H]4C[C@H](OC5CCCCO5)CC[C@]4(C)[C@H]3CC[C@]12C)OC(C)=O. The van der Waals surface area contributed by atoms with Crippen molar-refractivity contribution >= 4 is 5.97 Å². The van der Waals surface area contributed by atoms with Gasteiger partial charge in [-0.1, -0.05) is 27.4 Å². The first-order valence-corrected chi connectivity index (χ1v) is 16.2. The molecule has 5 fully saturated rings. The van der Waals surface area contributed by atoms with Crippen LogP contribution in [-0.2, 0) is 19.0 Å². The highest BCUT2D eigenvalue weighted by atomic mass is 16.7. The molecule has 0 aromatic heterocycles. The van der Waals surface area contributed by atoms with Gasteiger partial charge in [0.15, 0.2) is 6.29 Å². The molecule has 1 heterocycles. The molecule has 1 saturated heterocycles. The Hall–Kier alpha value is -0.870. The molecule has 1 unspecified atom stereocenters. The van der Waals surface area contributed by atoms with E-state index in [1.54, 1.807) is 0 Å². The Bertz CT molecular complexity index is 847. The van der Waals surface area contributed by atoms with Gasteiger partial charge in [-0.15, -0.1) is 0 Å². The van der Waals surface area contributed by atoms with E-state index in [9.17, 15) is 4.79 Å². The minimum absolute atomic E-state index is 0.0574. The monoisotopic (exact) mass is 528 g/mol. The molecule has 5 rings (SSSR count). The molecule has 5 aliphatic rings. The molecule has 0 aromatic carbocycles. The van der Waals surface area contributed by atoms with Crippen molar-refractivity contribution in [2.24, 2.45) is 46.3 Å². The van der Waals surface area contributed by atoms with Gasteiger partial charge in [0.05, 0.1) is 6.10 Å². The molecule has 11 atom stereocenters. The summed E-state index contributed by atoms with van der Waals surface area (Å²) in [4.78, 5) is 11.6. The third kappa shape index (κ3) is 5.52. The van der Waals surface area contributed by atoms with Gasteiger partial charge in [0.2, 0.25) is 0 Å². The van der Waals surface area contributed by atoms with E-state index < -0.39 is 0 Å². The fourth-order valence-electron chi connectivity index (χ4n) is 10.6. The fraction of sp³-hybridized carbons (Fsp3) is 0.912. The number of carbonyl (C=O) groups excluding carboxylic acids is 1. The van der Waals surface area contributed by atoms with Crippen LogP contribution in [0.2, 0.25) is 0 Å². The van der Waals surface area contributed by atoms with Crippen LogP contribution in [0.15, 0.2) is 12.2 Å². The third-order valence-corrected chi connectivity index (χ3v) is 12.6. The summed E-state index contributed by atoms with van der Waals surface area (Å²) in [6, 6.07) is 0. The zero-order valence-corrected chi connectivity index (χ0v) is 25.1. The molecule has 4 aliphatic carbocycles. The van der Waals surface area contributed by atoms with E-state index >= 15 is 0 Å². The minimum atomic E-state index is -0.191. The first kappa shape index (κ1) is 28.7. The first-order chi connectivity index (χ1) is 18.1. The van der Waals surface area contributed by atoms with Crippen molar-refractivity contribution in [1.82, 2.24) is 0 Å². The topological polar surface area (TPSA) is 44.8 Å². The number of esters is 1. The van der Waals surface area contributed by atoms with Gasteiger partial charge >= 0.3 is 5.97 Å². The van der Waals surface area contributed by atoms with E-state index in [0.717, 1.165) is 61.0 Å². The molecule has 0 spiro atoms. The lowest BCUT2D eigenvalue weighted by molar-refractivity contribution is -0.212. The lowest BCUT2D eigenvalue weighted by atomic mass is 9.44. The van der Waals surface area contributed by atoms with Gasteiger partial charge in [-0.2, -0.15) is 0 Å². The van der Waals surface area contributed by atoms with E-state index in [1.165, 1.54) is 77.6 Å². The highest BCUT2D eigenvalue weighted by Gasteiger charge is 2.60. The van der Waals surface area contributed by atoms with Crippen molar-refractivity contribution in [1.29, 1.82) is 0 Å². The number of fused-ring (bicyclic) bond motifs is 5. The summed E-state index contributed by atoms with van der Waals surface area (Å²) in [5.74, 6) is 4.80. The fourth-order valence-corrected chi connectivity index (χ4v) is 10.6. The van der Waals surface area contributed by atoms with Crippen LogP contribution in [0.3, 0.4) is 0 Å². The van der Waals surface area contributed by atoms with Crippen LogP contribution in [-0.4, -0.2) is 31.1 Å². The lowest BCUT2D eigenvalue weighted by Gasteiger charge is -2.61. The van der Waals surface area contributed by atoms with Gasteiger partial charge in [-0.05, 0) is 149 Å². The van der Waals surface area contributed by atoms with Crippen LogP contribution in [0.1, 0.15) is 125 Å². The number of carbonyl (C=O) groups is 1. The Kier molecular flexibility index (Phi) is 8.71. The average Bonchev–Trinajstić information content (AvgIpc) is 3.24. The maximum Gasteiger partial charge on any atom is 0.303 e. The number of ether oxygens (including phenoxy) is 3. The van der Waals surface area contributed by atoms with Crippen molar-refractivity contribution in [2.45, 2.75) is 143 Å². The Labute approximate surface area is 233 Å². The Balaban J connectivity index is 1.20. The average molecular weight is 529 g/mol. The summed E-state index contributed by atoms with van der Waals surface area (Å²) in [6.45, 7) is 16.3. The van der Waals surface area contributed by atoms with Crippen LogP contribution >= 0.6 is 0 Å². The van der Waals surface area contributed by atoms with E-state index in [-0.39, 0.29) is 18.4 Å². The molecule has 4 saturated carbocycles. The smallest absolute Gasteiger partial charge is 0.303 e. The van der Waals surface area contributed by atoms with Gasteiger partial charge in [-0.3, -0.25) is 4.79 Å². The van der Waals surface area contributed by atoms with Gasteiger partial charge < -0.3 is 14.2 Å². The van der Waals surface area contributed by atoms with Crippen molar-refractivity contribution < 1.29 is 19.0 Å². The Morgan fingerprint density at radius 1 is 0.947 bits per heavy atom. The molecule has 38 heavy (non-hydrogen) atoms. The zero-order chi connectivity index (χ0) is 27.1. The van der Waals surface area contributed by atoms with Crippen molar-refractivity contribution in [3.05, 3.63) is 12.2 Å². The van der Waals surface area contributed by atoms with E-state index in [4.69, 9.17) is 14.2 Å². The molecule has 0 radical (unpaired) electrons. The quantitative estimate of drug-likeness (QED) is 0.180. The largest absolute Gasteiger partial charge is 0.458 e. The van der Waals surface area contributed by atoms with Gasteiger partial charge in [0, 0.05) is 13.5 Å². The second kappa shape index (κ2) is 11.6. The highest BCUT2D eigenvalue weighted by molar-refractivity contribution is 5.66. The van der Waals surface area contributed by atoms with Crippen LogP contribution in [0.5, 0.6) is 0 Å². The summed E-state index contributed by atoms with van der Waals surface area (Å²) in [5, 5.41) is 0. The molecule has 216 valence electrons. The second-order valence-electron chi connectivity index (χ2n) is 14.7. The number of rotatable bonds is 8. The molecule has 0 amide bonds. The van der Waals surface area contributed by atoms with E-state index in [2.05, 4.69) is 27.4 Å². The molecule has 0 N–H and O–H groups in total. The van der Waals surface area contributed by atoms with Crippen molar-refractivity contribution in [2.75, 3.05) is 6.61 Å². The van der Waals surface area contributed by atoms with Crippen molar-refractivity contribution in [3.8, 4) is 0 Å². The summed E-state index contributed by atoms with van der Waals surface area (Å²) in [7, 11) is 0. The molecule has 0 aromatic rings. The van der Waals surface area contributed by atoms with Gasteiger partial charge in [-0.25, -0.2) is 0 Å². The standard InChI is InChI=1S/C34H56O4/c1-22(2)31(37-24(4)35)15-10-23(3)28-13-14-29-27-12-11-25-21-26(38-32-9-7-8-20-36-32)16-18-33(25,5)30(27)17-19-34(28,29)6/h23,25-32H,1,7-21H2,2-6H3/t23-,25-,26-,27+,28-,29+,30+,31+,32?,33+,34-/m1/s1. The summed E-state index contributed by atoms with van der Waals surface area (Å²) in [6.07, 6.45) is 18.2. The normalized spacial score (nSPS) is 44.3. The number of hydrogen-bond donors (Lipinski definition) is 0. The molecule has 4 heteroatoms. The predicted molar refractivity (Wildman–Crippen MR) is 152 cm³/mol. The Morgan fingerprint density at radius 3 is 2.42 bits per heavy atom. The molecule has 1 aliphatic heterocycles.